The van der Waals surface area contributed by atoms with Gasteiger partial charge in [-0.1, -0.05) is 11.6 Å². The average molecular weight is 251 g/mol. The van der Waals surface area contributed by atoms with Crippen LogP contribution in [0.5, 0.6) is 17.2 Å². The molecule has 0 saturated heterocycles. The molecule has 88 valence electrons. The lowest BCUT2D eigenvalue weighted by Gasteiger charge is -2.10. The van der Waals surface area contributed by atoms with Crippen LogP contribution in [-0.2, 0) is 0 Å². The van der Waals surface area contributed by atoms with E-state index in [4.69, 9.17) is 26.8 Å². The molecule has 2 rings (SSSR count). The predicted octanol–water partition coefficient (Wildman–Crippen LogP) is 3.12. The number of rotatable bonds is 3. The number of hydrogen-bond acceptors (Lipinski definition) is 4. The lowest BCUT2D eigenvalue weighted by Crippen LogP contribution is -1.94. The zero-order valence-corrected chi connectivity index (χ0v) is 9.94. The van der Waals surface area contributed by atoms with Gasteiger partial charge in [0.15, 0.2) is 5.75 Å². The molecule has 0 bridgehead atoms. The van der Waals surface area contributed by atoms with Crippen molar-refractivity contribution in [3.05, 3.63) is 41.7 Å². The lowest BCUT2D eigenvalue weighted by atomic mass is 10.3. The first-order valence-corrected chi connectivity index (χ1v) is 5.29. The van der Waals surface area contributed by atoms with Gasteiger partial charge in [0, 0.05) is 24.5 Å². The van der Waals surface area contributed by atoms with Gasteiger partial charge in [0.25, 0.3) is 0 Å². The van der Waals surface area contributed by atoms with Gasteiger partial charge in [-0.2, -0.15) is 0 Å². The average Bonchev–Trinajstić information content (AvgIpc) is 2.34. The van der Waals surface area contributed by atoms with Gasteiger partial charge in [-0.05, 0) is 12.1 Å². The molecule has 0 aliphatic carbocycles. The Morgan fingerprint density at radius 1 is 1.24 bits per heavy atom. The van der Waals surface area contributed by atoms with Crippen LogP contribution in [-0.4, -0.2) is 12.1 Å². The summed E-state index contributed by atoms with van der Waals surface area (Å²) in [7, 11) is 1.58. The Balaban J connectivity index is 2.28. The molecule has 0 saturated carbocycles. The summed E-state index contributed by atoms with van der Waals surface area (Å²) < 4.78 is 10.6. The Kier molecular flexibility index (Phi) is 3.35. The highest BCUT2D eigenvalue weighted by molar-refractivity contribution is 6.31. The lowest BCUT2D eigenvalue weighted by molar-refractivity contribution is 0.413. The van der Waals surface area contributed by atoms with Crippen molar-refractivity contribution in [2.24, 2.45) is 0 Å². The van der Waals surface area contributed by atoms with Crippen molar-refractivity contribution < 1.29 is 9.47 Å². The van der Waals surface area contributed by atoms with E-state index in [0.717, 1.165) is 0 Å². The van der Waals surface area contributed by atoms with Crippen molar-refractivity contribution in [1.29, 1.82) is 0 Å². The summed E-state index contributed by atoms with van der Waals surface area (Å²) in [5.41, 5.74) is 6.31. The van der Waals surface area contributed by atoms with Crippen LogP contribution in [0.2, 0.25) is 5.02 Å². The minimum absolute atomic E-state index is 0.433. The zero-order valence-electron chi connectivity index (χ0n) is 9.18. The molecule has 0 atom stereocenters. The second-order valence-electron chi connectivity index (χ2n) is 3.31. The van der Waals surface area contributed by atoms with Crippen molar-refractivity contribution in [2.75, 3.05) is 12.8 Å². The number of nitrogens with zero attached hydrogens (tertiary/aromatic N) is 1. The highest BCUT2D eigenvalue weighted by Crippen LogP contribution is 2.33. The third-order valence-electron chi connectivity index (χ3n) is 2.17. The minimum Gasteiger partial charge on any atom is -0.497 e. The van der Waals surface area contributed by atoms with Gasteiger partial charge >= 0.3 is 0 Å². The van der Waals surface area contributed by atoms with Crippen molar-refractivity contribution in [2.45, 2.75) is 0 Å². The van der Waals surface area contributed by atoms with Crippen LogP contribution in [0, 0.1) is 0 Å². The monoisotopic (exact) mass is 250 g/mol. The Morgan fingerprint density at radius 2 is 2.06 bits per heavy atom. The first-order valence-electron chi connectivity index (χ1n) is 4.91. The van der Waals surface area contributed by atoms with Crippen LogP contribution in [0.1, 0.15) is 0 Å². The molecule has 4 nitrogen and oxygen atoms in total. The third kappa shape index (κ3) is 2.60. The standard InChI is InChI=1S/C12H11ClN2O2/c1-16-8-2-3-12(10(14)6-8)17-11-4-5-15-7-9(11)13/h2-7H,14H2,1H3. The van der Waals surface area contributed by atoms with Crippen LogP contribution in [0.4, 0.5) is 5.69 Å². The molecule has 1 aromatic heterocycles. The Morgan fingerprint density at radius 3 is 2.71 bits per heavy atom. The quantitative estimate of drug-likeness (QED) is 0.851. The van der Waals surface area contributed by atoms with E-state index in [0.29, 0.717) is 28.0 Å². The largest absolute Gasteiger partial charge is 0.497 e. The minimum atomic E-state index is 0.433. The van der Waals surface area contributed by atoms with Crippen LogP contribution in [0.15, 0.2) is 36.7 Å². The van der Waals surface area contributed by atoms with E-state index >= 15 is 0 Å². The highest BCUT2D eigenvalue weighted by Gasteiger charge is 2.06. The normalized spacial score (nSPS) is 10.0. The van der Waals surface area contributed by atoms with E-state index in [1.165, 1.54) is 6.20 Å². The van der Waals surface area contributed by atoms with Gasteiger partial charge < -0.3 is 15.2 Å². The molecular weight excluding hydrogens is 240 g/mol. The van der Waals surface area contributed by atoms with Crippen LogP contribution in [0.25, 0.3) is 0 Å². The number of anilines is 1. The predicted molar refractivity (Wildman–Crippen MR) is 66.7 cm³/mol. The van der Waals surface area contributed by atoms with E-state index < -0.39 is 0 Å². The van der Waals surface area contributed by atoms with Crippen LogP contribution in [0.3, 0.4) is 0 Å². The summed E-state index contributed by atoms with van der Waals surface area (Å²) in [4.78, 5) is 3.87. The van der Waals surface area contributed by atoms with E-state index in [1.807, 2.05) is 0 Å². The van der Waals surface area contributed by atoms with Gasteiger partial charge in [0.05, 0.1) is 12.8 Å². The molecule has 0 amide bonds. The van der Waals surface area contributed by atoms with Gasteiger partial charge in [0.1, 0.15) is 16.5 Å². The summed E-state index contributed by atoms with van der Waals surface area (Å²) in [6.45, 7) is 0. The zero-order chi connectivity index (χ0) is 12.3. The number of nitrogen functional groups attached to an aromatic ring is 1. The summed E-state index contributed by atoms with van der Waals surface area (Å²) >= 11 is 5.93. The van der Waals surface area contributed by atoms with Gasteiger partial charge in [-0.25, -0.2) is 0 Å². The number of benzene rings is 1. The molecule has 0 radical (unpaired) electrons. The van der Waals surface area contributed by atoms with Gasteiger partial charge in [-0.3, -0.25) is 4.98 Å². The maximum Gasteiger partial charge on any atom is 0.150 e. The first-order chi connectivity index (χ1) is 8.20. The topological polar surface area (TPSA) is 57.4 Å². The summed E-state index contributed by atoms with van der Waals surface area (Å²) in [5.74, 6) is 1.72. The molecule has 1 heterocycles. The second kappa shape index (κ2) is 4.93. The van der Waals surface area contributed by atoms with Crippen molar-refractivity contribution in [1.82, 2.24) is 4.98 Å². The Labute approximate surface area is 104 Å². The molecule has 0 aliphatic rings. The first kappa shape index (κ1) is 11.5. The molecule has 0 spiro atoms. The molecule has 1 aromatic carbocycles. The smallest absolute Gasteiger partial charge is 0.150 e. The summed E-state index contributed by atoms with van der Waals surface area (Å²) in [6, 6.07) is 6.85. The van der Waals surface area contributed by atoms with E-state index in [-0.39, 0.29) is 0 Å². The molecule has 2 aromatic rings. The summed E-state index contributed by atoms with van der Waals surface area (Å²) in [5, 5.41) is 0.433. The van der Waals surface area contributed by atoms with E-state index in [1.54, 1.807) is 37.6 Å². The molecular formula is C12H11ClN2O2. The van der Waals surface area contributed by atoms with Crippen LogP contribution >= 0.6 is 11.6 Å². The van der Waals surface area contributed by atoms with Gasteiger partial charge in [-0.15, -0.1) is 0 Å². The Hall–Kier alpha value is -1.94. The highest BCUT2D eigenvalue weighted by atomic mass is 35.5. The molecule has 5 heteroatoms. The maximum atomic E-state index is 5.93. The molecule has 0 unspecified atom stereocenters. The van der Waals surface area contributed by atoms with E-state index in [9.17, 15) is 0 Å². The molecule has 17 heavy (non-hydrogen) atoms. The maximum absolute atomic E-state index is 5.93. The van der Waals surface area contributed by atoms with Crippen molar-refractivity contribution in [3.8, 4) is 17.2 Å². The van der Waals surface area contributed by atoms with Crippen molar-refractivity contribution in [3.63, 3.8) is 0 Å². The number of aromatic nitrogens is 1. The number of nitrogens with two attached hydrogens (primary N) is 1. The Bertz CT molecular complexity index is 532. The molecule has 0 fully saturated rings. The van der Waals surface area contributed by atoms with Gasteiger partial charge in [0.2, 0.25) is 0 Å². The second-order valence-corrected chi connectivity index (χ2v) is 3.72. The summed E-state index contributed by atoms with van der Waals surface area (Å²) in [6.07, 6.45) is 3.11. The number of halogens is 1. The number of hydrogen-bond donors (Lipinski definition) is 1. The number of methoxy groups -OCH3 is 1. The number of pyridine rings is 1. The fourth-order valence-electron chi connectivity index (χ4n) is 1.31. The van der Waals surface area contributed by atoms with Crippen molar-refractivity contribution >= 4 is 17.3 Å². The fourth-order valence-corrected chi connectivity index (χ4v) is 1.47. The molecule has 2 N–H and O–H groups in total. The SMILES string of the molecule is COc1ccc(Oc2ccncc2Cl)c(N)c1. The number of ether oxygens (including phenoxy) is 2. The fraction of sp³-hybridized carbons (Fsp3) is 0.0833. The van der Waals surface area contributed by atoms with Crippen LogP contribution < -0.4 is 15.2 Å². The van der Waals surface area contributed by atoms with E-state index in [2.05, 4.69) is 4.98 Å². The molecule has 0 aliphatic heterocycles. The third-order valence-corrected chi connectivity index (χ3v) is 2.46.